The molecule has 3 nitrogen and oxygen atoms in total. The maximum Gasteiger partial charge on any atom is 0.236 e. The van der Waals surface area contributed by atoms with Gasteiger partial charge in [0.05, 0.1) is 21.2 Å². The highest BCUT2D eigenvalue weighted by molar-refractivity contribution is 6.42. The number of aromatic nitrogens is 1. The molecule has 5 rings (SSSR count). The SMILES string of the molecule is O=C(Nc1cccc(-c2ccc(Cl)c(Cl)c2)n1)C1(C2=CCC3=C(C=C2)CCCC3)CC1. The van der Waals surface area contributed by atoms with E-state index in [1.807, 2.05) is 24.3 Å². The summed E-state index contributed by atoms with van der Waals surface area (Å²) in [5.74, 6) is 0.581. The first-order chi connectivity index (χ1) is 15.0. The van der Waals surface area contributed by atoms with Crippen LogP contribution < -0.4 is 5.32 Å². The van der Waals surface area contributed by atoms with Gasteiger partial charge in [0.25, 0.3) is 0 Å². The van der Waals surface area contributed by atoms with Gasteiger partial charge in [0, 0.05) is 5.56 Å². The lowest BCUT2D eigenvalue weighted by Crippen LogP contribution is -2.26. The molecule has 3 aliphatic rings. The number of carbonyl (C=O) groups excluding carboxylic acids is 1. The van der Waals surface area contributed by atoms with Crippen molar-refractivity contribution in [1.82, 2.24) is 4.98 Å². The molecule has 1 amide bonds. The topological polar surface area (TPSA) is 42.0 Å². The summed E-state index contributed by atoms with van der Waals surface area (Å²) in [4.78, 5) is 17.9. The number of nitrogens with zero attached hydrogens (tertiary/aromatic N) is 1. The first-order valence-corrected chi connectivity index (χ1v) is 11.6. The number of hydrogen-bond donors (Lipinski definition) is 1. The highest BCUT2D eigenvalue weighted by Crippen LogP contribution is 2.54. The molecule has 1 N–H and O–H groups in total. The van der Waals surface area contributed by atoms with Gasteiger partial charge in [0.2, 0.25) is 5.91 Å². The smallest absolute Gasteiger partial charge is 0.236 e. The second-order valence-corrected chi connectivity index (χ2v) is 9.42. The molecule has 0 aliphatic heterocycles. The Balaban J connectivity index is 1.35. The molecule has 0 spiro atoms. The minimum absolute atomic E-state index is 0.0297. The van der Waals surface area contributed by atoms with Gasteiger partial charge in [-0.05, 0) is 80.4 Å². The van der Waals surface area contributed by atoms with Gasteiger partial charge in [-0.1, -0.05) is 59.1 Å². The van der Waals surface area contributed by atoms with E-state index in [1.165, 1.54) is 24.8 Å². The van der Waals surface area contributed by atoms with Gasteiger partial charge >= 0.3 is 0 Å². The van der Waals surface area contributed by atoms with E-state index in [4.69, 9.17) is 23.2 Å². The number of amides is 1. The summed E-state index contributed by atoms with van der Waals surface area (Å²) in [6.07, 6.45) is 14.3. The summed E-state index contributed by atoms with van der Waals surface area (Å²) < 4.78 is 0. The molecule has 3 aliphatic carbocycles. The predicted octanol–water partition coefficient (Wildman–Crippen LogP) is 7.53. The number of carbonyl (C=O) groups is 1. The molecule has 0 atom stereocenters. The summed E-state index contributed by atoms with van der Waals surface area (Å²) in [5.41, 5.74) is 5.35. The average Bonchev–Trinajstić information content (AvgIpc) is 3.60. The largest absolute Gasteiger partial charge is 0.310 e. The predicted molar refractivity (Wildman–Crippen MR) is 127 cm³/mol. The van der Waals surface area contributed by atoms with Crippen LogP contribution in [0, 0.1) is 5.41 Å². The summed E-state index contributed by atoms with van der Waals surface area (Å²) in [6.45, 7) is 0. The van der Waals surface area contributed by atoms with Crippen LogP contribution in [0.2, 0.25) is 10.0 Å². The summed E-state index contributed by atoms with van der Waals surface area (Å²) >= 11 is 12.2. The van der Waals surface area contributed by atoms with Crippen molar-refractivity contribution in [3.05, 3.63) is 81.4 Å². The maximum atomic E-state index is 13.3. The van der Waals surface area contributed by atoms with Crippen LogP contribution in [0.1, 0.15) is 44.9 Å². The van der Waals surface area contributed by atoms with Gasteiger partial charge in [0.1, 0.15) is 5.82 Å². The van der Waals surface area contributed by atoms with Crippen molar-refractivity contribution < 1.29 is 4.79 Å². The van der Waals surface area contributed by atoms with Crippen LogP contribution in [0.5, 0.6) is 0 Å². The molecule has 1 saturated carbocycles. The zero-order valence-electron chi connectivity index (χ0n) is 17.3. The average molecular weight is 451 g/mol. The Hall–Kier alpha value is -2.36. The van der Waals surface area contributed by atoms with Crippen LogP contribution in [0.15, 0.2) is 71.3 Å². The van der Waals surface area contributed by atoms with Gasteiger partial charge in [-0.3, -0.25) is 4.79 Å². The zero-order chi connectivity index (χ0) is 21.4. The molecule has 1 aromatic heterocycles. The standard InChI is InChI=1S/C26H24Cl2N2O/c27-21-13-10-19(16-22(21)28)23-6-3-7-24(29-23)30-25(31)26(14-15-26)20-11-8-17-4-1-2-5-18(17)9-12-20/h3,6-8,10-13,16H,1-2,4-5,9,14-15H2,(H,29,30,31). The molecule has 1 fully saturated rings. The highest BCUT2D eigenvalue weighted by atomic mass is 35.5. The Kier molecular flexibility index (Phi) is 5.49. The number of benzene rings is 1. The van der Waals surface area contributed by atoms with E-state index in [2.05, 4.69) is 28.5 Å². The molecule has 0 unspecified atom stereocenters. The Bertz CT molecular complexity index is 1140. The third-order valence-electron chi connectivity index (χ3n) is 6.60. The van der Waals surface area contributed by atoms with Crippen molar-refractivity contribution in [2.75, 3.05) is 5.32 Å². The van der Waals surface area contributed by atoms with Crippen LogP contribution in [0.3, 0.4) is 0 Å². The first-order valence-electron chi connectivity index (χ1n) is 10.9. The molecule has 2 aromatic rings. The van der Waals surface area contributed by atoms with Crippen LogP contribution in [-0.4, -0.2) is 10.9 Å². The van der Waals surface area contributed by atoms with E-state index < -0.39 is 5.41 Å². The Morgan fingerprint density at radius 3 is 2.65 bits per heavy atom. The molecule has 0 saturated heterocycles. The van der Waals surface area contributed by atoms with Crippen molar-refractivity contribution in [2.45, 2.75) is 44.9 Å². The van der Waals surface area contributed by atoms with Crippen LogP contribution in [-0.2, 0) is 4.79 Å². The third kappa shape index (κ3) is 4.09. The first kappa shape index (κ1) is 20.5. The van der Waals surface area contributed by atoms with Crippen molar-refractivity contribution in [3.63, 3.8) is 0 Å². The number of rotatable bonds is 4. The van der Waals surface area contributed by atoms with Crippen LogP contribution in [0.4, 0.5) is 5.82 Å². The molecular weight excluding hydrogens is 427 g/mol. The molecule has 31 heavy (non-hydrogen) atoms. The monoisotopic (exact) mass is 450 g/mol. The fraction of sp³-hybridized carbons (Fsp3) is 0.308. The molecule has 1 aromatic carbocycles. The molecule has 158 valence electrons. The van der Waals surface area contributed by atoms with Gasteiger partial charge in [-0.25, -0.2) is 4.98 Å². The summed E-state index contributed by atoms with van der Waals surface area (Å²) in [6, 6.07) is 11.0. The minimum atomic E-state index is -0.424. The number of allylic oxidation sites excluding steroid dienone is 5. The lowest BCUT2D eigenvalue weighted by molar-refractivity contribution is -0.119. The fourth-order valence-corrected chi connectivity index (χ4v) is 4.90. The van der Waals surface area contributed by atoms with Crippen molar-refractivity contribution >= 4 is 34.9 Å². The molecule has 0 radical (unpaired) electrons. The maximum absolute atomic E-state index is 13.3. The summed E-state index contributed by atoms with van der Waals surface area (Å²) in [5, 5.41) is 4.05. The quantitative estimate of drug-likeness (QED) is 0.522. The molecule has 1 heterocycles. The van der Waals surface area contributed by atoms with Crippen molar-refractivity contribution in [2.24, 2.45) is 5.41 Å². The van der Waals surface area contributed by atoms with E-state index in [1.54, 1.807) is 17.7 Å². The van der Waals surface area contributed by atoms with Gasteiger partial charge in [-0.2, -0.15) is 0 Å². The Labute approximate surface area is 192 Å². The lowest BCUT2D eigenvalue weighted by Gasteiger charge is -2.17. The lowest BCUT2D eigenvalue weighted by atomic mass is 9.90. The van der Waals surface area contributed by atoms with Gasteiger partial charge in [-0.15, -0.1) is 0 Å². The van der Waals surface area contributed by atoms with Crippen molar-refractivity contribution in [1.29, 1.82) is 0 Å². The number of hydrogen-bond acceptors (Lipinski definition) is 2. The molecule has 5 heteroatoms. The minimum Gasteiger partial charge on any atom is -0.310 e. The number of pyridine rings is 1. The second-order valence-electron chi connectivity index (χ2n) is 8.61. The van der Waals surface area contributed by atoms with Crippen molar-refractivity contribution in [3.8, 4) is 11.3 Å². The van der Waals surface area contributed by atoms with E-state index in [0.29, 0.717) is 15.9 Å². The van der Waals surface area contributed by atoms with E-state index in [0.717, 1.165) is 42.5 Å². The second kappa shape index (κ2) is 8.29. The number of halogens is 2. The molecule has 0 bridgehead atoms. The summed E-state index contributed by atoms with van der Waals surface area (Å²) in [7, 11) is 0. The molecular formula is C26H24Cl2N2O. The normalized spacial score (nSPS) is 19.4. The number of nitrogens with one attached hydrogen (secondary N) is 1. The van der Waals surface area contributed by atoms with E-state index in [9.17, 15) is 4.79 Å². The third-order valence-corrected chi connectivity index (χ3v) is 7.34. The van der Waals surface area contributed by atoms with Gasteiger partial charge < -0.3 is 5.32 Å². The zero-order valence-corrected chi connectivity index (χ0v) is 18.8. The van der Waals surface area contributed by atoms with E-state index >= 15 is 0 Å². The fourth-order valence-electron chi connectivity index (χ4n) is 4.60. The Morgan fingerprint density at radius 1 is 1.00 bits per heavy atom. The Morgan fingerprint density at radius 2 is 1.84 bits per heavy atom. The van der Waals surface area contributed by atoms with Gasteiger partial charge in [0.15, 0.2) is 0 Å². The highest BCUT2D eigenvalue weighted by Gasteiger charge is 2.52. The van der Waals surface area contributed by atoms with Crippen LogP contribution in [0.25, 0.3) is 11.3 Å². The number of anilines is 1. The van der Waals surface area contributed by atoms with E-state index in [-0.39, 0.29) is 5.91 Å². The van der Waals surface area contributed by atoms with Crippen LogP contribution >= 0.6 is 23.2 Å².